The zero-order chi connectivity index (χ0) is 19.1. The number of nitriles is 1. The maximum absolute atomic E-state index is 10.1. The van der Waals surface area contributed by atoms with E-state index in [1.54, 1.807) is 7.11 Å². The summed E-state index contributed by atoms with van der Waals surface area (Å²) >= 11 is 0. The Labute approximate surface area is 163 Å². The summed E-state index contributed by atoms with van der Waals surface area (Å²) in [5, 5.41) is 10.1. The van der Waals surface area contributed by atoms with Gasteiger partial charge >= 0.3 is 0 Å². The van der Waals surface area contributed by atoms with Crippen LogP contribution >= 0.6 is 0 Å². The van der Waals surface area contributed by atoms with Gasteiger partial charge in [0.25, 0.3) is 0 Å². The number of ether oxygens (including phenoxy) is 1. The summed E-state index contributed by atoms with van der Waals surface area (Å²) in [5.41, 5.74) is 2.19. The molecular weight excluding hydrogens is 332 g/mol. The first-order chi connectivity index (χ1) is 13.2. The average molecular weight is 363 g/mol. The van der Waals surface area contributed by atoms with Gasteiger partial charge in [-0.25, -0.2) is 0 Å². The molecule has 3 rings (SSSR count). The molecule has 1 saturated carbocycles. The zero-order valence-corrected chi connectivity index (χ0v) is 16.5. The summed E-state index contributed by atoms with van der Waals surface area (Å²) in [6.45, 7) is 2.08. The average Bonchev–Trinajstić information content (AvgIpc) is 3.56. The standard InChI is InChI=1S/C24H30N2O/c1-26(18-15-20-7-4-3-5-8-20)17-6-16-24(19-25,21-9-10-21)22-11-13-23(27-2)14-12-22/h3-5,7-8,11-14,21H,6,9-10,15-18H2,1-2H3. The molecular formula is C24H30N2O. The van der Waals surface area contributed by atoms with E-state index in [0.29, 0.717) is 5.92 Å². The van der Waals surface area contributed by atoms with Gasteiger partial charge in [-0.1, -0.05) is 42.5 Å². The first-order valence-electron chi connectivity index (χ1n) is 9.96. The predicted octanol–water partition coefficient (Wildman–Crippen LogP) is 4.82. The Morgan fingerprint density at radius 1 is 1.07 bits per heavy atom. The molecule has 2 aromatic carbocycles. The maximum atomic E-state index is 10.1. The predicted molar refractivity (Wildman–Crippen MR) is 110 cm³/mol. The Hall–Kier alpha value is -2.31. The van der Waals surface area contributed by atoms with Crippen LogP contribution in [0.15, 0.2) is 54.6 Å². The topological polar surface area (TPSA) is 36.3 Å². The molecule has 1 unspecified atom stereocenters. The summed E-state index contributed by atoms with van der Waals surface area (Å²) in [6.07, 6.45) is 5.38. The normalized spacial score (nSPS) is 15.9. The van der Waals surface area contributed by atoms with Gasteiger partial charge in [-0.05, 0) is 74.9 Å². The largest absolute Gasteiger partial charge is 0.497 e. The lowest BCUT2D eigenvalue weighted by molar-refractivity contribution is 0.308. The van der Waals surface area contributed by atoms with Gasteiger partial charge < -0.3 is 9.64 Å². The highest BCUT2D eigenvalue weighted by atomic mass is 16.5. The summed E-state index contributed by atoms with van der Waals surface area (Å²) in [4.78, 5) is 2.38. The van der Waals surface area contributed by atoms with Crippen molar-refractivity contribution >= 4 is 0 Å². The van der Waals surface area contributed by atoms with E-state index >= 15 is 0 Å². The second-order valence-electron chi connectivity index (χ2n) is 7.73. The van der Waals surface area contributed by atoms with Crippen LogP contribution in [0.2, 0.25) is 0 Å². The molecule has 1 atom stereocenters. The lowest BCUT2D eigenvalue weighted by atomic mass is 9.73. The Morgan fingerprint density at radius 2 is 1.78 bits per heavy atom. The van der Waals surface area contributed by atoms with Crippen LogP contribution in [-0.2, 0) is 11.8 Å². The van der Waals surface area contributed by atoms with E-state index < -0.39 is 0 Å². The number of hydrogen-bond donors (Lipinski definition) is 0. The maximum Gasteiger partial charge on any atom is 0.118 e. The molecule has 0 saturated heterocycles. The van der Waals surface area contributed by atoms with E-state index in [2.05, 4.69) is 60.5 Å². The quantitative estimate of drug-likeness (QED) is 0.608. The van der Waals surface area contributed by atoms with Gasteiger partial charge in [-0.2, -0.15) is 5.26 Å². The highest BCUT2D eigenvalue weighted by Crippen LogP contribution is 2.50. The van der Waals surface area contributed by atoms with Crippen molar-refractivity contribution in [1.82, 2.24) is 4.90 Å². The molecule has 0 amide bonds. The van der Waals surface area contributed by atoms with E-state index in [0.717, 1.165) is 43.7 Å². The summed E-state index contributed by atoms with van der Waals surface area (Å²) < 4.78 is 5.28. The van der Waals surface area contributed by atoms with Gasteiger partial charge in [-0.15, -0.1) is 0 Å². The molecule has 27 heavy (non-hydrogen) atoms. The number of methoxy groups -OCH3 is 1. The number of rotatable bonds is 10. The van der Waals surface area contributed by atoms with E-state index in [1.807, 2.05) is 12.1 Å². The molecule has 0 bridgehead atoms. The smallest absolute Gasteiger partial charge is 0.118 e. The molecule has 0 N–H and O–H groups in total. The fourth-order valence-electron chi connectivity index (χ4n) is 3.96. The van der Waals surface area contributed by atoms with Crippen LogP contribution in [0, 0.1) is 17.2 Å². The van der Waals surface area contributed by atoms with Crippen molar-refractivity contribution in [3.63, 3.8) is 0 Å². The van der Waals surface area contributed by atoms with Gasteiger partial charge in [-0.3, -0.25) is 0 Å². The van der Waals surface area contributed by atoms with Crippen LogP contribution in [0.5, 0.6) is 5.75 Å². The van der Waals surface area contributed by atoms with Crippen LogP contribution in [0.3, 0.4) is 0 Å². The second-order valence-corrected chi connectivity index (χ2v) is 7.73. The molecule has 1 fully saturated rings. The molecule has 3 heteroatoms. The second kappa shape index (κ2) is 9.06. The summed E-state index contributed by atoms with van der Waals surface area (Å²) in [7, 11) is 3.86. The number of nitrogens with zero attached hydrogens (tertiary/aromatic N) is 2. The van der Waals surface area contributed by atoms with Crippen molar-refractivity contribution in [3.8, 4) is 11.8 Å². The van der Waals surface area contributed by atoms with E-state index in [-0.39, 0.29) is 5.41 Å². The SMILES string of the molecule is COc1ccc(C(C#N)(CCCN(C)CCc2ccccc2)C2CC2)cc1. The molecule has 1 aliphatic carbocycles. The summed E-state index contributed by atoms with van der Waals surface area (Å²) in [5.74, 6) is 1.35. The van der Waals surface area contributed by atoms with Crippen LogP contribution in [-0.4, -0.2) is 32.1 Å². The molecule has 0 spiro atoms. The summed E-state index contributed by atoms with van der Waals surface area (Å²) in [6, 6.07) is 21.5. The minimum absolute atomic E-state index is 0.341. The molecule has 142 valence electrons. The zero-order valence-electron chi connectivity index (χ0n) is 16.5. The molecule has 2 aromatic rings. The first-order valence-corrected chi connectivity index (χ1v) is 9.96. The van der Waals surface area contributed by atoms with E-state index in [4.69, 9.17) is 4.74 Å². The van der Waals surface area contributed by atoms with Crippen molar-refractivity contribution in [2.75, 3.05) is 27.2 Å². The van der Waals surface area contributed by atoms with Gasteiger partial charge in [0, 0.05) is 6.54 Å². The Morgan fingerprint density at radius 3 is 2.37 bits per heavy atom. The lowest BCUT2D eigenvalue weighted by Gasteiger charge is -2.28. The van der Waals surface area contributed by atoms with Crippen LogP contribution in [0.1, 0.15) is 36.8 Å². The van der Waals surface area contributed by atoms with Crippen molar-refractivity contribution in [3.05, 3.63) is 65.7 Å². The molecule has 0 aromatic heterocycles. The van der Waals surface area contributed by atoms with Crippen LogP contribution in [0.25, 0.3) is 0 Å². The molecule has 3 nitrogen and oxygen atoms in total. The Balaban J connectivity index is 1.56. The van der Waals surface area contributed by atoms with E-state index in [1.165, 1.54) is 18.4 Å². The fraction of sp³-hybridized carbons (Fsp3) is 0.458. The molecule has 0 radical (unpaired) electrons. The molecule has 0 aliphatic heterocycles. The number of hydrogen-bond acceptors (Lipinski definition) is 3. The monoisotopic (exact) mass is 362 g/mol. The van der Waals surface area contributed by atoms with Gasteiger partial charge in [0.1, 0.15) is 5.75 Å². The number of benzene rings is 2. The van der Waals surface area contributed by atoms with Crippen LogP contribution in [0.4, 0.5) is 0 Å². The van der Waals surface area contributed by atoms with Gasteiger partial charge in [0.15, 0.2) is 0 Å². The van der Waals surface area contributed by atoms with E-state index in [9.17, 15) is 5.26 Å². The van der Waals surface area contributed by atoms with Gasteiger partial charge in [0.05, 0.1) is 18.6 Å². The third-order valence-electron chi connectivity index (χ3n) is 5.81. The molecule has 0 heterocycles. The first kappa shape index (κ1) is 19.5. The lowest BCUT2D eigenvalue weighted by Crippen LogP contribution is -2.29. The third-order valence-corrected chi connectivity index (χ3v) is 5.81. The third kappa shape index (κ3) is 4.90. The Kier molecular flexibility index (Phi) is 6.53. The van der Waals surface area contributed by atoms with Crippen LogP contribution < -0.4 is 4.74 Å². The van der Waals surface area contributed by atoms with Crippen molar-refractivity contribution in [2.45, 2.75) is 37.5 Å². The highest BCUT2D eigenvalue weighted by molar-refractivity contribution is 5.39. The van der Waals surface area contributed by atoms with Gasteiger partial charge in [0.2, 0.25) is 0 Å². The minimum Gasteiger partial charge on any atom is -0.497 e. The molecule has 1 aliphatic rings. The minimum atomic E-state index is -0.341. The number of likely N-dealkylation sites (N-methyl/N-ethyl adjacent to an activating group) is 1. The fourth-order valence-corrected chi connectivity index (χ4v) is 3.96. The Bertz CT molecular complexity index is 746. The van der Waals surface area contributed by atoms with Crippen molar-refractivity contribution in [1.29, 1.82) is 5.26 Å². The van der Waals surface area contributed by atoms with Crippen molar-refractivity contribution in [2.24, 2.45) is 5.92 Å². The van der Waals surface area contributed by atoms with Crippen molar-refractivity contribution < 1.29 is 4.74 Å². The highest BCUT2D eigenvalue weighted by Gasteiger charge is 2.46.